The van der Waals surface area contributed by atoms with Crippen LogP contribution < -0.4 is 0 Å². The third-order valence-corrected chi connectivity index (χ3v) is 12.0. The molecule has 0 aliphatic rings. The Balaban J connectivity index is 4.30. The summed E-state index contributed by atoms with van der Waals surface area (Å²) in [6, 6.07) is 0. The molecule has 0 fully saturated rings. The highest BCUT2D eigenvalue weighted by Crippen LogP contribution is 2.15. The molecule has 0 aliphatic heterocycles. The molecule has 0 radical (unpaired) electrons. The largest absolute Gasteiger partial charge is 0.462 e. The smallest absolute Gasteiger partial charge is 0.306 e. The highest BCUT2D eigenvalue weighted by Gasteiger charge is 2.19. The van der Waals surface area contributed by atoms with Crippen molar-refractivity contribution in [3.05, 3.63) is 60.8 Å². The number of esters is 3. The van der Waals surface area contributed by atoms with Gasteiger partial charge in [0.15, 0.2) is 6.10 Å². The maximum atomic E-state index is 12.8. The summed E-state index contributed by atoms with van der Waals surface area (Å²) < 4.78 is 16.8. The molecule has 6 heteroatoms. The lowest BCUT2D eigenvalue weighted by molar-refractivity contribution is -0.167. The third kappa shape index (κ3) is 51.9. The Hall–Kier alpha value is -2.89. The number of unbranched alkanes of at least 4 members (excludes halogenated alkanes) is 29. The second-order valence-corrected chi connectivity index (χ2v) is 18.5. The molecule has 0 saturated heterocycles. The highest BCUT2D eigenvalue weighted by atomic mass is 16.6. The van der Waals surface area contributed by atoms with Gasteiger partial charge in [0, 0.05) is 19.3 Å². The topological polar surface area (TPSA) is 78.9 Å². The molecule has 0 heterocycles. The molecule has 6 nitrogen and oxygen atoms in total. The second kappa shape index (κ2) is 53.7. The monoisotopic (exact) mass is 909 g/mol. The fourth-order valence-corrected chi connectivity index (χ4v) is 7.79. The zero-order valence-corrected chi connectivity index (χ0v) is 43.0. The standard InChI is InChI=1S/C59H104O6/c1-4-7-10-13-16-19-22-24-26-27-28-29-30-31-33-35-38-40-43-46-49-52-58(61)64-55-56(65-59(62)53-50-47-44-41-36-21-18-15-12-9-6-3)54-63-57(60)51-48-45-42-39-37-34-32-25-23-20-17-14-11-8-5-2/h8,11,15,17-18,20,24-26,32,56H,4-7,9-10,12-14,16,19,21-23,27-31,33-55H2,1-3H3/b11-8-,18-15-,20-17-,26-24-,32-25-/t56-/m1/s1. The summed E-state index contributed by atoms with van der Waals surface area (Å²) in [4.78, 5) is 38.0. The summed E-state index contributed by atoms with van der Waals surface area (Å²) in [7, 11) is 0. The molecular weight excluding hydrogens is 805 g/mol. The van der Waals surface area contributed by atoms with Crippen molar-refractivity contribution in [2.24, 2.45) is 0 Å². The highest BCUT2D eigenvalue weighted by molar-refractivity contribution is 5.71. The Morgan fingerprint density at radius 1 is 0.323 bits per heavy atom. The lowest BCUT2D eigenvalue weighted by atomic mass is 10.0. The van der Waals surface area contributed by atoms with Gasteiger partial charge in [-0.05, 0) is 96.3 Å². The fraction of sp³-hybridized carbons (Fsp3) is 0.780. The average Bonchev–Trinajstić information content (AvgIpc) is 3.30. The number of allylic oxidation sites excluding steroid dienone is 10. The molecule has 0 aliphatic carbocycles. The van der Waals surface area contributed by atoms with E-state index in [9.17, 15) is 14.4 Å². The van der Waals surface area contributed by atoms with Crippen molar-refractivity contribution >= 4 is 17.9 Å². The average molecular weight is 909 g/mol. The molecule has 0 aromatic rings. The number of carbonyl (C=O) groups excluding carboxylic acids is 3. The summed E-state index contributed by atoms with van der Waals surface area (Å²) in [5.74, 6) is -0.904. The molecule has 0 bridgehead atoms. The summed E-state index contributed by atoms with van der Waals surface area (Å²) >= 11 is 0. The van der Waals surface area contributed by atoms with Crippen LogP contribution in [0.2, 0.25) is 0 Å². The first-order valence-electron chi connectivity index (χ1n) is 27.8. The van der Waals surface area contributed by atoms with Crippen molar-refractivity contribution in [1.82, 2.24) is 0 Å². The van der Waals surface area contributed by atoms with E-state index in [1.165, 1.54) is 128 Å². The van der Waals surface area contributed by atoms with Crippen LogP contribution in [0.25, 0.3) is 0 Å². The van der Waals surface area contributed by atoms with E-state index in [1.54, 1.807) is 0 Å². The lowest BCUT2D eigenvalue weighted by Gasteiger charge is -2.18. The summed E-state index contributed by atoms with van der Waals surface area (Å²) in [5.41, 5.74) is 0. The Bertz CT molecular complexity index is 1180. The predicted molar refractivity (Wildman–Crippen MR) is 279 cm³/mol. The zero-order valence-electron chi connectivity index (χ0n) is 43.0. The molecule has 0 aromatic heterocycles. The van der Waals surface area contributed by atoms with Crippen molar-refractivity contribution in [1.29, 1.82) is 0 Å². The predicted octanol–water partition coefficient (Wildman–Crippen LogP) is 18.4. The van der Waals surface area contributed by atoms with E-state index in [2.05, 4.69) is 81.5 Å². The van der Waals surface area contributed by atoms with E-state index in [0.717, 1.165) is 109 Å². The molecule has 0 saturated carbocycles. The van der Waals surface area contributed by atoms with Gasteiger partial charge in [-0.15, -0.1) is 0 Å². The van der Waals surface area contributed by atoms with Gasteiger partial charge in [-0.2, -0.15) is 0 Å². The van der Waals surface area contributed by atoms with Gasteiger partial charge < -0.3 is 14.2 Å². The van der Waals surface area contributed by atoms with E-state index < -0.39 is 6.10 Å². The van der Waals surface area contributed by atoms with Crippen LogP contribution in [0.3, 0.4) is 0 Å². The van der Waals surface area contributed by atoms with Crippen LogP contribution >= 0.6 is 0 Å². The molecule has 376 valence electrons. The second-order valence-electron chi connectivity index (χ2n) is 18.5. The maximum absolute atomic E-state index is 12.8. The number of hydrogen-bond acceptors (Lipinski definition) is 6. The first kappa shape index (κ1) is 62.1. The number of ether oxygens (including phenoxy) is 3. The van der Waals surface area contributed by atoms with Gasteiger partial charge in [0.2, 0.25) is 0 Å². The zero-order chi connectivity index (χ0) is 47.2. The van der Waals surface area contributed by atoms with Crippen LogP contribution in [0.5, 0.6) is 0 Å². The van der Waals surface area contributed by atoms with Crippen LogP contribution in [-0.4, -0.2) is 37.2 Å². The van der Waals surface area contributed by atoms with Crippen molar-refractivity contribution in [3.63, 3.8) is 0 Å². The Morgan fingerprint density at radius 3 is 1.00 bits per heavy atom. The molecule has 0 N–H and O–H groups in total. The summed E-state index contributed by atoms with van der Waals surface area (Å²) in [5, 5.41) is 0. The van der Waals surface area contributed by atoms with Gasteiger partial charge in [-0.3, -0.25) is 14.4 Å². The molecule has 0 amide bonds. The minimum absolute atomic E-state index is 0.0827. The van der Waals surface area contributed by atoms with E-state index in [1.807, 2.05) is 0 Å². The first-order valence-corrected chi connectivity index (χ1v) is 27.8. The van der Waals surface area contributed by atoms with E-state index >= 15 is 0 Å². The number of hydrogen-bond donors (Lipinski definition) is 0. The molecule has 0 unspecified atom stereocenters. The Morgan fingerprint density at radius 2 is 0.615 bits per heavy atom. The normalized spacial score (nSPS) is 12.5. The lowest BCUT2D eigenvalue weighted by Crippen LogP contribution is -2.30. The molecule has 0 aromatic carbocycles. The Labute approximate surface area is 402 Å². The number of carbonyl (C=O) groups is 3. The van der Waals surface area contributed by atoms with Gasteiger partial charge in [-0.25, -0.2) is 0 Å². The van der Waals surface area contributed by atoms with E-state index in [4.69, 9.17) is 14.2 Å². The third-order valence-electron chi connectivity index (χ3n) is 12.0. The first-order chi connectivity index (χ1) is 32.0. The van der Waals surface area contributed by atoms with Crippen LogP contribution in [0, 0.1) is 0 Å². The van der Waals surface area contributed by atoms with Gasteiger partial charge in [0.05, 0.1) is 0 Å². The molecule has 1 atom stereocenters. The minimum atomic E-state index is -0.784. The molecule has 0 spiro atoms. The van der Waals surface area contributed by atoms with Crippen molar-refractivity contribution < 1.29 is 28.6 Å². The Kier molecular flexibility index (Phi) is 51.3. The van der Waals surface area contributed by atoms with Crippen LogP contribution in [0.4, 0.5) is 0 Å². The van der Waals surface area contributed by atoms with Gasteiger partial charge >= 0.3 is 17.9 Å². The van der Waals surface area contributed by atoms with Gasteiger partial charge in [0.1, 0.15) is 13.2 Å². The molecular formula is C59H104O6. The quantitative estimate of drug-likeness (QED) is 0.0262. The van der Waals surface area contributed by atoms with Crippen LogP contribution in [-0.2, 0) is 28.6 Å². The minimum Gasteiger partial charge on any atom is -0.462 e. The molecule has 0 rings (SSSR count). The van der Waals surface area contributed by atoms with E-state index in [0.29, 0.717) is 19.3 Å². The SMILES string of the molecule is CC/C=C\C/C=C\C/C=C\CCCCCCCC(=O)OC[C@H](COC(=O)CCCCCCCCCCCCC/C=C\CCCCCCCC)OC(=O)CCCCCCC/C=C\CCCC. The number of rotatable bonds is 50. The van der Waals surface area contributed by atoms with Crippen LogP contribution in [0.1, 0.15) is 278 Å². The van der Waals surface area contributed by atoms with Gasteiger partial charge in [-0.1, -0.05) is 223 Å². The van der Waals surface area contributed by atoms with Crippen molar-refractivity contribution in [3.8, 4) is 0 Å². The van der Waals surface area contributed by atoms with Gasteiger partial charge in [0.25, 0.3) is 0 Å². The van der Waals surface area contributed by atoms with Crippen LogP contribution in [0.15, 0.2) is 60.8 Å². The summed E-state index contributed by atoms with van der Waals surface area (Å²) in [6.45, 7) is 6.48. The fourth-order valence-electron chi connectivity index (χ4n) is 7.79. The van der Waals surface area contributed by atoms with Crippen molar-refractivity contribution in [2.45, 2.75) is 284 Å². The molecule has 65 heavy (non-hydrogen) atoms. The summed E-state index contributed by atoms with van der Waals surface area (Å²) in [6.07, 6.45) is 66.4. The van der Waals surface area contributed by atoms with Crippen molar-refractivity contribution in [2.75, 3.05) is 13.2 Å². The van der Waals surface area contributed by atoms with E-state index in [-0.39, 0.29) is 31.1 Å². The maximum Gasteiger partial charge on any atom is 0.306 e.